The number of benzene rings is 1. The minimum atomic E-state index is -0.584. The van der Waals surface area contributed by atoms with Gasteiger partial charge >= 0.3 is 5.97 Å². The number of esters is 1. The molecule has 4 heteroatoms. The molecule has 114 valence electrons. The Morgan fingerprint density at radius 3 is 2.48 bits per heavy atom. The summed E-state index contributed by atoms with van der Waals surface area (Å²) < 4.78 is 5.14. The first-order valence-corrected chi connectivity index (χ1v) is 7.70. The third-order valence-electron chi connectivity index (χ3n) is 5.25. The van der Waals surface area contributed by atoms with Gasteiger partial charge in [-0.05, 0) is 51.3 Å². The lowest BCUT2D eigenvalue weighted by atomic mass is 9.82. The summed E-state index contributed by atoms with van der Waals surface area (Å²) in [5, 5.41) is 3.53. The van der Waals surface area contributed by atoms with E-state index in [1.54, 1.807) is 0 Å². The van der Waals surface area contributed by atoms with Gasteiger partial charge in [-0.1, -0.05) is 18.2 Å². The van der Waals surface area contributed by atoms with E-state index in [2.05, 4.69) is 30.3 Å². The van der Waals surface area contributed by atoms with E-state index in [-0.39, 0.29) is 5.97 Å². The first-order chi connectivity index (χ1) is 10.1. The minimum Gasteiger partial charge on any atom is -0.467 e. The van der Waals surface area contributed by atoms with E-state index in [1.807, 2.05) is 18.2 Å². The summed E-state index contributed by atoms with van der Waals surface area (Å²) >= 11 is 0. The average molecular weight is 288 g/mol. The van der Waals surface area contributed by atoms with Crippen LogP contribution in [-0.2, 0) is 9.53 Å². The van der Waals surface area contributed by atoms with Crippen LogP contribution in [0.5, 0.6) is 0 Å². The lowest BCUT2D eigenvalue weighted by Crippen LogP contribution is -2.58. The van der Waals surface area contributed by atoms with Crippen molar-refractivity contribution >= 4 is 11.7 Å². The SMILES string of the molecule is COC(=O)C1(Nc2ccccc2C)CC2CCC(C1)N2C. The van der Waals surface area contributed by atoms with Gasteiger partial charge in [-0.15, -0.1) is 0 Å². The van der Waals surface area contributed by atoms with Gasteiger partial charge in [-0.2, -0.15) is 0 Å². The molecule has 2 fully saturated rings. The van der Waals surface area contributed by atoms with Crippen molar-refractivity contribution in [3.8, 4) is 0 Å². The highest BCUT2D eigenvalue weighted by Crippen LogP contribution is 2.42. The molecular weight excluding hydrogens is 264 g/mol. The van der Waals surface area contributed by atoms with Crippen LogP contribution in [0.2, 0.25) is 0 Å². The Morgan fingerprint density at radius 1 is 1.29 bits per heavy atom. The lowest BCUT2D eigenvalue weighted by molar-refractivity contribution is -0.148. The monoisotopic (exact) mass is 288 g/mol. The van der Waals surface area contributed by atoms with Gasteiger partial charge in [-0.25, -0.2) is 4.79 Å². The van der Waals surface area contributed by atoms with Crippen LogP contribution in [0.1, 0.15) is 31.2 Å². The number of nitrogens with one attached hydrogen (secondary N) is 1. The van der Waals surface area contributed by atoms with Crippen LogP contribution in [0.15, 0.2) is 24.3 Å². The van der Waals surface area contributed by atoms with Gasteiger partial charge in [0.05, 0.1) is 7.11 Å². The van der Waals surface area contributed by atoms with Crippen molar-refractivity contribution in [3.05, 3.63) is 29.8 Å². The van der Waals surface area contributed by atoms with Crippen LogP contribution in [0.25, 0.3) is 0 Å². The molecule has 0 amide bonds. The Labute approximate surface area is 126 Å². The maximum Gasteiger partial charge on any atom is 0.331 e. The van der Waals surface area contributed by atoms with Crippen LogP contribution < -0.4 is 5.32 Å². The van der Waals surface area contributed by atoms with Crippen LogP contribution in [0.4, 0.5) is 5.69 Å². The predicted octanol–water partition coefficient (Wildman–Crippen LogP) is 2.58. The third-order valence-corrected chi connectivity index (χ3v) is 5.25. The molecule has 0 aliphatic carbocycles. The van der Waals surface area contributed by atoms with Crippen molar-refractivity contribution in [1.29, 1.82) is 0 Å². The Balaban J connectivity index is 1.92. The predicted molar refractivity (Wildman–Crippen MR) is 83.4 cm³/mol. The number of ether oxygens (including phenoxy) is 1. The summed E-state index contributed by atoms with van der Waals surface area (Å²) in [6.45, 7) is 2.07. The first kappa shape index (κ1) is 14.4. The number of anilines is 1. The van der Waals surface area contributed by atoms with Gasteiger partial charge in [0.1, 0.15) is 5.54 Å². The van der Waals surface area contributed by atoms with Crippen LogP contribution in [0.3, 0.4) is 0 Å². The summed E-state index contributed by atoms with van der Waals surface area (Å²) in [7, 11) is 3.67. The molecular formula is C17H24N2O2. The second-order valence-electron chi connectivity index (χ2n) is 6.47. The number of rotatable bonds is 3. The van der Waals surface area contributed by atoms with Gasteiger partial charge in [0.15, 0.2) is 0 Å². The fraction of sp³-hybridized carbons (Fsp3) is 0.588. The van der Waals surface area contributed by atoms with E-state index in [1.165, 1.54) is 20.0 Å². The molecule has 2 atom stereocenters. The summed E-state index contributed by atoms with van der Waals surface area (Å²) in [5.41, 5.74) is 1.61. The molecule has 0 spiro atoms. The van der Waals surface area contributed by atoms with Crippen molar-refractivity contribution in [1.82, 2.24) is 4.90 Å². The first-order valence-electron chi connectivity index (χ1n) is 7.70. The van der Waals surface area contributed by atoms with Crippen LogP contribution in [0, 0.1) is 6.92 Å². The van der Waals surface area contributed by atoms with E-state index in [4.69, 9.17) is 4.74 Å². The lowest BCUT2D eigenvalue weighted by Gasteiger charge is -2.44. The number of aryl methyl sites for hydroxylation is 1. The summed E-state index contributed by atoms with van der Waals surface area (Å²) in [5.74, 6) is -0.129. The Bertz CT molecular complexity index is 529. The summed E-state index contributed by atoms with van der Waals surface area (Å²) in [6, 6.07) is 9.07. The highest BCUT2D eigenvalue weighted by atomic mass is 16.5. The Morgan fingerprint density at radius 2 is 1.90 bits per heavy atom. The molecule has 0 radical (unpaired) electrons. The van der Waals surface area contributed by atoms with Crippen molar-refractivity contribution in [2.75, 3.05) is 19.5 Å². The molecule has 2 unspecified atom stereocenters. The molecule has 2 aliphatic heterocycles. The number of carbonyl (C=O) groups is 1. The van der Waals surface area contributed by atoms with Gasteiger partial charge in [0.25, 0.3) is 0 Å². The number of nitrogens with zero attached hydrogens (tertiary/aromatic N) is 1. The fourth-order valence-corrected chi connectivity index (χ4v) is 3.96. The van der Waals surface area contributed by atoms with Crippen LogP contribution in [-0.4, -0.2) is 42.6 Å². The van der Waals surface area contributed by atoms with E-state index in [9.17, 15) is 4.79 Å². The number of piperidine rings is 1. The number of para-hydroxylation sites is 1. The van der Waals surface area contributed by atoms with E-state index < -0.39 is 5.54 Å². The topological polar surface area (TPSA) is 41.6 Å². The largest absolute Gasteiger partial charge is 0.467 e. The molecule has 2 saturated heterocycles. The molecule has 2 heterocycles. The minimum absolute atomic E-state index is 0.129. The van der Waals surface area contributed by atoms with Crippen molar-refractivity contribution < 1.29 is 9.53 Å². The molecule has 4 nitrogen and oxygen atoms in total. The second kappa shape index (κ2) is 5.34. The van der Waals surface area contributed by atoms with Gasteiger partial charge in [-0.3, -0.25) is 0 Å². The second-order valence-corrected chi connectivity index (χ2v) is 6.47. The molecule has 0 aromatic heterocycles. The zero-order chi connectivity index (χ0) is 15.0. The number of hydrogen-bond donors (Lipinski definition) is 1. The number of methoxy groups -OCH3 is 1. The number of fused-ring (bicyclic) bond motifs is 2. The Hall–Kier alpha value is -1.55. The number of carbonyl (C=O) groups excluding carboxylic acids is 1. The maximum atomic E-state index is 12.5. The van der Waals surface area contributed by atoms with Gasteiger partial charge < -0.3 is 15.0 Å². The average Bonchev–Trinajstić information content (AvgIpc) is 2.72. The molecule has 1 aromatic rings. The van der Waals surface area contributed by atoms with Gasteiger partial charge in [0.2, 0.25) is 0 Å². The maximum absolute atomic E-state index is 12.5. The molecule has 0 saturated carbocycles. The van der Waals surface area contributed by atoms with Crippen molar-refractivity contribution in [2.45, 2.75) is 50.2 Å². The molecule has 3 rings (SSSR count). The van der Waals surface area contributed by atoms with Crippen molar-refractivity contribution in [3.63, 3.8) is 0 Å². The molecule has 1 N–H and O–H groups in total. The van der Waals surface area contributed by atoms with Crippen LogP contribution >= 0.6 is 0 Å². The Kier molecular flexibility index (Phi) is 3.66. The number of hydrogen-bond acceptors (Lipinski definition) is 4. The van der Waals surface area contributed by atoms with Gasteiger partial charge in [0, 0.05) is 17.8 Å². The highest BCUT2D eigenvalue weighted by molar-refractivity contribution is 5.85. The zero-order valence-corrected chi connectivity index (χ0v) is 13.1. The quantitative estimate of drug-likeness (QED) is 0.868. The van der Waals surface area contributed by atoms with E-state index in [0.29, 0.717) is 12.1 Å². The third kappa shape index (κ3) is 2.42. The van der Waals surface area contributed by atoms with Crippen molar-refractivity contribution in [2.24, 2.45) is 0 Å². The fourth-order valence-electron chi connectivity index (χ4n) is 3.96. The van der Waals surface area contributed by atoms with E-state index in [0.717, 1.165) is 24.1 Å². The molecule has 1 aromatic carbocycles. The summed E-state index contributed by atoms with van der Waals surface area (Å²) in [4.78, 5) is 15.0. The van der Waals surface area contributed by atoms with E-state index >= 15 is 0 Å². The molecule has 2 aliphatic rings. The molecule has 21 heavy (non-hydrogen) atoms. The highest BCUT2D eigenvalue weighted by Gasteiger charge is 2.52. The normalized spacial score (nSPS) is 32.0. The molecule has 2 bridgehead atoms. The summed E-state index contributed by atoms with van der Waals surface area (Å²) in [6.07, 6.45) is 3.99. The standard InChI is InChI=1S/C17H24N2O2/c1-12-6-4-5-7-15(12)18-17(16(20)21-3)10-13-8-9-14(11-17)19(13)2/h4-7,13-14,18H,8-11H2,1-3H3. The zero-order valence-electron chi connectivity index (χ0n) is 13.1. The smallest absolute Gasteiger partial charge is 0.331 e.